The number of benzene rings is 3. The second-order valence-corrected chi connectivity index (χ2v) is 9.70. The Morgan fingerprint density at radius 2 is 1.79 bits per heavy atom. The fraction of sp³-hybridized carbons (Fsp3) is 0.345. The van der Waals surface area contributed by atoms with Crippen LogP contribution in [0.4, 0.5) is 5.69 Å². The summed E-state index contributed by atoms with van der Waals surface area (Å²) >= 11 is 0. The number of aromatic hydroxyl groups is 1. The van der Waals surface area contributed by atoms with Crippen LogP contribution in [-0.2, 0) is 0 Å². The van der Waals surface area contributed by atoms with E-state index in [0.717, 1.165) is 59.9 Å². The summed E-state index contributed by atoms with van der Waals surface area (Å²) in [6.45, 7) is 1.73. The van der Waals surface area contributed by atoms with Crippen LogP contribution in [0.5, 0.6) is 5.75 Å². The van der Waals surface area contributed by atoms with Crippen LogP contribution in [0.15, 0.2) is 66.7 Å². The molecule has 0 spiro atoms. The van der Waals surface area contributed by atoms with E-state index in [1.54, 1.807) is 0 Å². The van der Waals surface area contributed by atoms with Crippen molar-refractivity contribution in [2.75, 3.05) is 18.4 Å². The van der Waals surface area contributed by atoms with Gasteiger partial charge in [-0.15, -0.1) is 0 Å². The molecule has 168 valence electrons. The maximum Gasteiger partial charge on any atom is 0.253 e. The number of phenols is 1. The third-order valence-electron chi connectivity index (χ3n) is 7.76. The standard InChI is InChI=1S/C29H30N2O2/c32-26-15-13-19-8-3-4-9-21(19)27(26)28-23-11-7-10-22(23)24-18-20(12-14-25(24)30-28)29(33)31-16-5-1-2-6-17-31/h3-4,7-10,12-15,18,22-23,28,30,32H,1-2,5-6,11,16-17H2. The summed E-state index contributed by atoms with van der Waals surface area (Å²) in [5, 5.41) is 16.9. The lowest BCUT2D eigenvalue weighted by atomic mass is 9.75. The number of fused-ring (bicyclic) bond motifs is 4. The van der Waals surface area contributed by atoms with Crippen molar-refractivity contribution in [2.24, 2.45) is 5.92 Å². The number of anilines is 1. The zero-order chi connectivity index (χ0) is 22.4. The minimum absolute atomic E-state index is 0.00996. The van der Waals surface area contributed by atoms with Crippen LogP contribution >= 0.6 is 0 Å². The van der Waals surface area contributed by atoms with Crippen LogP contribution in [0.3, 0.4) is 0 Å². The number of phenolic OH excluding ortho intramolecular Hbond substituents is 1. The highest BCUT2D eigenvalue weighted by Crippen LogP contribution is 2.52. The highest BCUT2D eigenvalue weighted by Gasteiger charge is 2.40. The minimum Gasteiger partial charge on any atom is -0.508 e. The highest BCUT2D eigenvalue weighted by atomic mass is 16.3. The molecule has 3 aromatic carbocycles. The fourth-order valence-electron chi connectivity index (χ4n) is 6.08. The number of likely N-dealkylation sites (tertiary alicyclic amines) is 1. The maximum absolute atomic E-state index is 13.3. The Morgan fingerprint density at radius 3 is 2.64 bits per heavy atom. The Bertz CT molecular complexity index is 1240. The van der Waals surface area contributed by atoms with E-state index in [2.05, 4.69) is 41.7 Å². The monoisotopic (exact) mass is 438 g/mol. The van der Waals surface area contributed by atoms with Crippen LogP contribution in [-0.4, -0.2) is 29.0 Å². The first-order valence-corrected chi connectivity index (χ1v) is 12.3. The van der Waals surface area contributed by atoms with E-state index in [0.29, 0.717) is 11.7 Å². The molecule has 33 heavy (non-hydrogen) atoms. The SMILES string of the molecule is O=C(c1ccc2c(c1)C1C=CCC1C(c1c(O)ccc3ccccc13)N2)N1CCCCCC1. The molecule has 1 amide bonds. The van der Waals surface area contributed by atoms with E-state index in [-0.39, 0.29) is 17.9 Å². The van der Waals surface area contributed by atoms with Gasteiger partial charge in [-0.05, 0) is 65.8 Å². The molecule has 1 saturated heterocycles. The molecule has 3 aromatic rings. The lowest BCUT2D eigenvalue weighted by Gasteiger charge is -2.38. The van der Waals surface area contributed by atoms with Crippen molar-refractivity contribution in [1.29, 1.82) is 0 Å². The van der Waals surface area contributed by atoms with E-state index in [1.807, 2.05) is 35.2 Å². The van der Waals surface area contributed by atoms with Crippen molar-refractivity contribution in [3.8, 4) is 5.75 Å². The van der Waals surface area contributed by atoms with Gasteiger partial charge in [0.15, 0.2) is 0 Å². The van der Waals surface area contributed by atoms with Crippen molar-refractivity contribution in [1.82, 2.24) is 4.90 Å². The largest absolute Gasteiger partial charge is 0.508 e. The van der Waals surface area contributed by atoms with Gasteiger partial charge in [0.1, 0.15) is 5.75 Å². The number of carbonyl (C=O) groups excluding carboxylic acids is 1. The third-order valence-corrected chi connectivity index (χ3v) is 7.76. The molecule has 1 fully saturated rings. The normalized spacial score (nSPS) is 24.1. The lowest BCUT2D eigenvalue weighted by molar-refractivity contribution is 0.0761. The molecule has 0 radical (unpaired) electrons. The summed E-state index contributed by atoms with van der Waals surface area (Å²) in [5.74, 6) is 1.04. The molecule has 2 aliphatic heterocycles. The van der Waals surface area contributed by atoms with Crippen molar-refractivity contribution >= 4 is 22.4 Å². The van der Waals surface area contributed by atoms with E-state index >= 15 is 0 Å². The summed E-state index contributed by atoms with van der Waals surface area (Å²) in [6, 6.07) is 18.2. The molecule has 3 atom stereocenters. The summed E-state index contributed by atoms with van der Waals surface area (Å²) in [5.41, 5.74) is 4.03. The summed E-state index contributed by atoms with van der Waals surface area (Å²) < 4.78 is 0. The van der Waals surface area contributed by atoms with E-state index < -0.39 is 0 Å². The third kappa shape index (κ3) is 3.49. The molecule has 6 rings (SSSR count). The van der Waals surface area contributed by atoms with Crippen LogP contribution in [0.25, 0.3) is 10.8 Å². The molecule has 0 aromatic heterocycles. The minimum atomic E-state index is 0.00996. The van der Waals surface area contributed by atoms with Crippen molar-refractivity contribution < 1.29 is 9.90 Å². The number of rotatable bonds is 2. The smallest absolute Gasteiger partial charge is 0.253 e. The van der Waals surface area contributed by atoms with Gasteiger partial charge >= 0.3 is 0 Å². The van der Waals surface area contributed by atoms with Gasteiger partial charge in [0, 0.05) is 35.8 Å². The predicted octanol–water partition coefficient (Wildman–Crippen LogP) is 6.39. The first-order chi connectivity index (χ1) is 16.2. The van der Waals surface area contributed by atoms with Gasteiger partial charge in [-0.3, -0.25) is 4.79 Å². The van der Waals surface area contributed by atoms with E-state index in [4.69, 9.17) is 0 Å². The Hall–Kier alpha value is -3.27. The van der Waals surface area contributed by atoms with Gasteiger partial charge in [-0.2, -0.15) is 0 Å². The highest BCUT2D eigenvalue weighted by molar-refractivity contribution is 5.95. The van der Waals surface area contributed by atoms with Crippen molar-refractivity contribution in [3.63, 3.8) is 0 Å². The maximum atomic E-state index is 13.3. The molecular formula is C29H30N2O2. The van der Waals surface area contributed by atoms with Crippen LogP contribution in [0.2, 0.25) is 0 Å². The van der Waals surface area contributed by atoms with E-state index in [9.17, 15) is 9.90 Å². The number of amides is 1. The Labute approximate surface area is 194 Å². The van der Waals surface area contributed by atoms with Crippen molar-refractivity contribution in [2.45, 2.75) is 44.1 Å². The molecule has 3 unspecified atom stereocenters. The lowest BCUT2D eigenvalue weighted by Crippen LogP contribution is -2.33. The average Bonchev–Trinajstić information content (AvgIpc) is 3.19. The number of nitrogens with one attached hydrogen (secondary N) is 1. The second kappa shape index (κ2) is 8.26. The molecule has 0 saturated carbocycles. The molecule has 4 nitrogen and oxygen atoms in total. The van der Waals surface area contributed by atoms with Crippen LogP contribution < -0.4 is 5.32 Å². The van der Waals surface area contributed by atoms with Gasteiger partial charge in [0.25, 0.3) is 5.91 Å². The van der Waals surface area contributed by atoms with Crippen molar-refractivity contribution in [3.05, 3.63) is 83.4 Å². The van der Waals surface area contributed by atoms with Gasteiger partial charge in [0.05, 0.1) is 6.04 Å². The Morgan fingerprint density at radius 1 is 0.970 bits per heavy atom. The summed E-state index contributed by atoms with van der Waals surface area (Å²) in [6.07, 6.45) is 10.1. The molecule has 0 bridgehead atoms. The zero-order valence-corrected chi connectivity index (χ0v) is 18.8. The second-order valence-electron chi connectivity index (χ2n) is 9.70. The van der Waals surface area contributed by atoms with Gasteiger partial charge in [0.2, 0.25) is 0 Å². The zero-order valence-electron chi connectivity index (χ0n) is 18.8. The predicted molar refractivity (Wildman–Crippen MR) is 133 cm³/mol. The number of hydrogen-bond acceptors (Lipinski definition) is 3. The molecular weight excluding hydrogens is 408 g/mol. The fourth-order valence-corrected chi connectivity index (χ4v) is 6.08. The Balaban J connectivity index is 1.38. The molecule has 3 aliphatic rings. The molecule has 1 aliphatic carbocycles. The van der Waals surface area contributed by atoms with Gasteiger partial charge < -0.3 is 15.3 Å². The first kappa shape index (κ1) is 20.3. The number of carbonyl (C=O) groups is 1. The average molecular weight is 439 g/mol. The summed E-state index contributed by atoms with van der Waals surface area (Å²) in [4.78, 5) is 15.3. The quantitative estimate of drug-likeness (QED) is 0.456. The summed E-state index contributed by atoms with van der Waals surface area (Å²) in [7, 11) is 0. The van der Waals surface area contributed by atoms with E-state index in [1.165, 1.54) is 18.4 Å². The molecule has 4 heteroatoms. The Kier molecular flexibility index (Phi) is 5.09. The number of nitrogens with zero attached hydrogens (tertiary/aromatic N) is 1. The van der Waals surface area contributed by atoms with Gasteiger partial charge in [-0.25, -0.2) is 0 Å². The van der Waals surface area contributed by atoms with Gasteiger partial charge in [-0.1, -0.05) is 55.3 Å². The number of allylic oxidation sites excluding steroid dienone is 2. The van der Waals surface area contributed by atoms with Crippen LogP contribution in [0, 0.1) is 5.92 Å². The van der Waals surface area contributed by atoms with Crippen LogP contribution in [0.1, 0.15) is 65.5 Å². The molecule has 2 heterocycles. The topological polar surface area (TPSA) is 52.6 Å². The first-order valence-electron chi connectivity index (χ1n) is 12.3. The number of hydrogen-bond donors (Lipinski definition) is 2. The molecule has 2 N–H and O–H groups in total.